The van der Waals surface area contributed by atoms with Crippen LogP contribution in [0.3, 0.4) is 0 Å². The van der Waals surface area contributed by atoms with E-state index in [1.807, 2.05) is 0 Å². The van der Waals surface area contributed by atoms with E-state index in [2.05, 4.69) is 0 Å². The van der Waals surface area contributed by atoms with Gasteiger partial charge in [0, 0.05) is 32.6 Å². The molecule has 3 nitrogen and oxygen atoms in total. The largest absolute Gasteiger partial charge is 0.378 e. The quantitative estimate of drug-likeness (QED) is 0.508. The van der Waals surface area contributed by atoms with Crippen molar-refractivity contribution in [1.29, 1.82) is 0 Å². The zero-order valence-corrected chi connectivity index (χ0v) is 8.92. The third-order valence-corrected chi connectivity index (χ3v) is 2.69. The van der Waals surface area contributed by atoms with E-state index in [0.29, 0.717) is 11.8 Å². The Morgan fingerprint density at radius 3 is 2.69 bits per heavy atom. The Morgan fingerprint density at radius 2 is 2.15 bits per heavy atom. The van der Waals surface area contributed by atoms with Crippen molar-refractivity contribution in [3.05, 3.63) is 0 Å². The molecule has 1 aliphatic heterocycles. The molecule has 0 spiro atoms. The van der Waals surface area contributed by atoms with Crippen LogP contribution in [0.25, 0.3) is 0 Å². The topological polar surface area (TPSA) is 27.7 Å². The van der Waals surface area contributed by atoms with E-state index >= 15 is 0 Å². The molecule has 2 unspecified atom stereocenters. The van der Waals surface area contributed by atoms with E-state index in [0.717, 1.165) is 19.4 Å². The second kappa shape index (κ2) is 5.81. The van der Waals surface area contributed by atoms with Crippen LogP contribution in [0.2, 0.25) is 0 Å². The van der Waals surface area contributed by atoms with Gasteiger partial charge in [-0.25, -0.2) is 0 Å². The maximum absolute atomic E-state index is 5.68. The van der Waals surface area contributed by atoms with Gasteiger partial charge in [-0.2, -0.15) is 0 Å². The van der Waals surface area contributed by atoms with E-state index in [1.165, 1.54) is 0 Å². The average Bonchev–Trinajstić information content (AvgIpc) is 2.57. The summed E-state index contributed by atoms with van der Waals surface area (Å²) >= 11 is 5.68. The average molecular weight is 209 g/mol. The molecule has 0 bridgehead atoms. The molecule has 0 N–H and O–H groups in total. The highest BCUT2D eigenvalue weighted by Gasteiger charge is 2.34. The summed E-state index contributed by atoms with van der Waals surface area (Å²) in [7, 11) is 3.31. The summed E-state index contributed by atoms with van der Waals surface area (Å²) in [6.45, 7) is 0.787. The number of alkyl halides is 1. The van der Waals surface area contributed by atoms with Gasteiger partial charge >= 0.3 is 0 Å². The van der Waals surface area contributed by atoms with Crippen molar-refractivity contribution in [3.8, 4) is 0 Å². The van der Waals surface area contributed by atoms with Crippen molar-refractivity contribution in [2.45, 2.75) is 25.2 Å². The fourth-order valence-corrected chi connectivity index (χ4v) is 2.04. The molecule has 1 aliphatic rings. The molecule has 4 heteroatoms. The zero-order valence-electron chi connectivity index (χ0n) is 8.16. The summed E-state index contributed by atoms with van der Waals surface area (Å²) in [5.74, 6) is 0.954. The van der Waals surface area contributed by atoms with Crippen LogP contribution in [0.4, 0.5) is 0 Å². The zero-order chi connectivity index (χ0) is 9.68. The maximum Gasteiger partial charge on any atom is 0.162 e. The van der Waals surface area contributed by atoms with Crippen molar-refractivity contribution in [2.75, 3.05) is 26.7 Å². The van der Waals surface area contributed by atoms with Crippen LogP contribution in [-0.4, -0.2) is 39.1 Å². The summed E-state index contributed by atoms with van der Waals surface area (Å²) < 4.78 is 16.0. The van der Waals surface area contributed by atoms with Crippen LogP contribution in [0.5, 0.6) is 0 Å². The van der Waals surface area contributed by atoms with Crippen molar-refractivity contribution < 1.29 is 14.2 Å². The molecule has 0 amide bonds. The van der Waals surface area contributed by atoms with Crippen molar-refractivity contribution >= 4 is 11.6 Å². The fraction of sp³-hybridized carbons (Fsp3) is 1.00. The highest BCUT2D eigenvalue weighted by Crippen LogP contribution is 2.28. The van der Waals surface area contributed by atoms with E-state index < -0.39 is 0 Å². The first kappa shape index (κ1) is 11.2. The molecule has 0 aliphatic carbocycles. The van der Waals surface area contributed by atoms with Crippen LogP contribution in [0, 0.1) is 5.92 Å². The molecular weight excluding hydrogens is 192 g/mol. The lowest BCUT2D eigenvalue weighted by Crippen LogP contribution is -2.31. The molecule has 2 atom stereocenters. The van der Waals surface area contributed by atoms with Gasteiger partial charge in [-0.3, -0.25) is 0 Å². The Morgan fingerprint density at radius 1 is 1.46 bits per heavy atom. The number of ether oxygens (including phenoxy) is 3. The Labute approximate surface area is 84.3 Å². The first-order valence-electron chi connectivity index (χ1n) is 4.56. The summed E-state index contributed by atoms with van der Waals surface area (Å²) in [5.41, 5.74) is 0. The van der Waals surface area contributed by atoms with Gasteiger partial charge in [0.05, 0.1) is 6.10 Å². The smallest absolute Gasteiger partial charge is 0.162 e. The van der Waals surface area contributed by atoms with Crippen LogP contribution in [-0.2, 0) is 14.2 Å². The third-order valence-electron chi connectivity index (χ3n) is 2.47. The molecule has 1 heterocycles. The van der Waals surface area contributed by atoms with Gasteiger partial charge in [-0.15, -0.1) is 11.6 Å². The molecule has 1 fully saturated rings. The SMILES string of the molecule is COC(OC)C1CCOC1CCCl. The van der Waals surface area contributed by atoms with Gasteiger partial charge in [-0.05, 0) is 12.8 Å². The normalized spacial score (nSPS) is 28.6. The minimum absolute atomic E-state index is 0.157. The molecule has 1 saturated heterocycles. The Balaban J connectivity index is 2.45. The fourth-order valence-electron chi connectivity index (χ4n) is 1.83. The number of rotatable bonds is 5. The molecule has 0 aromatic carbocycles. The van der Waals surface area contributed by atoms with E-state index in [-0.39, 0.29) is 12.4 Å². The van der Waals surface area contributed by atoms with Crippen molar-refractivity contribution in [2.24, 2.45) is 5.92 Å². The minimum atomic E-state index is -0.157. The Hall–Kier alpha value is 0.170. The van der Waals surface area contributed by atoms with Crippen molar-refractivity contribution in [1.82, 2.24) is 0 Å². The molecule has 0 aromatic heterocycles. The van der Waals surface area contributed by atoms with Gasteiger partial charge in [-0.1, -0.05) is 0 Å². The molecule has 0 saturated carbocycles. The van der Waals surface area contributed by atoms with Gasteiger partial charge < -0.3 is 14.2 Å². The maximum atomic E-state index is 5.68. The van der Waals surface area contributed by atoms with Gasteiger partial charge in [0.25, 0.3) is 0 Å². The first-order valence-corrected chi connectivity index (χ1v) is 5.10. The Kier molecular flexibility index (Phi) is 5.02. The van der Waals surface area contributed by atoms with Gasteiger partial charge in [0.1, 0.15) is 0 Å². The van der Waals surface area contributed by atoms with Crippen LogP contribution >= 0.6 is 11.6 Å². The summed E-state index contributed by atoms with van der Waals surface area (Å²) in [4.78, 5) is 0. The first-order chi connectivity index (χ1) is 6.33. The van der Waals surface area contributed by atoms with E-state index in [4.69, 9.17) is 25.8 Å². The lowest BCUT2D eigenvalue weighted by atomic mass is 9.99. The lowest BCUT2D eigenvalue weighted by Gasteiger charge is -2.24. The van der Waals surface area contributed by atoms with Crippen LogP contribution in [0.15, 0.2) is 0 Å². The minimum Gasteiger partial charge on any atom is -0.378 e. The molecular formula is C9H17ClO3. The highest BCUT2D eigenvalue weighted by atomic mass is 35.5. The molecule has 13 heavy (non-hydrogen) atoms. The number of halogens is 1. The van der Waals surface area contributed by atoms with Gasteiger partial charge in [0.2, 0.25) is 0 Å². The standard InChI is InChI=1S/C9H17ClO3/c1-11-9(12-2)7-4-6-13-8(7)3-5-10/h7-9H,3-6H2,1-2H3. The van der Waals surface area contributed by atoms with Crippen molar-refractivity contribution in [3.63, 3.8) is 0 Å². The molecule has 0 aromatic rings. The van der Waals surface area contributed by atoms with E-state index in [1.54, 1.807) is 14.2 Å². The molecule has 78 valence electrons. The van der Waals surface area contributed by atoms with Gasteiger partial charge in [0.15, 0.2) is 6.29 Å². The predicted octanol–water partition coefficient (Wildman–Crippen LogP) is 1.64. The van der Waals surface area contributed by atoms with Crippen LogP contribution < -0.4 is 0 Å². The second-order valence-electron chi connectivity index (χ2n) is 3.18. The predicted molar refractivity (Wildman–Crippen MR) is 51.0 cm³/mol. The molecule has 0 radical (unpaired) electrons. The number of hydrogen-bond donors (Lipinski definition) is 0. The van der Waals surface area contributed by atoms with E-state index in [9.17, 15) is 0 Å². The summed E-state index contributed by atoms with van der Waals surface area (Å²) in [6.07, 6.45) is 1.90. The monoisotopic (exact) mass is 208 g/mol. The summed E-state index contributed by atoms with van der Waals surface area (Å²) in [6, 6.07) is 0. The molecule has 1 rings (SSSR count). The number of methoxy groups -OCH3 is 2. The second-order valence-corrected chi connectivity index (χ2v) is 3.56. The lowest BCUT2D eigenvalue weighted by molar-refractivity contribution is -0.148. The van der Waals surface area contributed by atoms with Crippen LogP contribution in [0.1, 0.15) is 12.8 Å². The Bertz CT molecular complexity index is 139. The number of hydrogen-bond acceptors (Lipinski definition) is 3. The summed E-state index contributed by atoms with van der Waals surface area (Å²) in [5, 5.41) is 0. The highest BCUT2D eigenvalue weighted by molar-refractivity contribution is 6.17. The third kappa shape index (κ3) is 2.81.